The quantitative estimate of drug-likeness (QED) is 0.166. The largest absolute Gasteiger partial charge is 0.438 e. The van der Waals surface area contributed by atoms with Crippen molar-refractivity contribution in [1.82, 2.24) is 9.97 Å². The van der Waals surface area contributed by atoms with Crippen molar-refractivity contribution in [2.24, 2.45) is 0 Å². The van der Waals surface area contributed by atoms with Gasteiger partial charge in [-0.3, -0.25) is 0 Å². The van der Waals surface area contributed by atoms with Crippen LogP contribution in [0, 0.1) is 0 Å². The fourth-order valence-electron chi connectivity index (χ4n) is 7.52. The Labute approximate surface area is 319 Å². The van der Waals surface area contributed by atoms with Crippen LogP contribution in [0.2, 0.25) is 0 Å². The average Bonchev–Trinajstić information content (AvgIpc) is 3.66. The Balaban J connectivity index is 1.09. The molecule has 0 aliphatic rings. The van der Waals surface area contributed by atoms with E-state index in [0.29, 0.717) is 11.5 Å². The van der Waals surface area contributed by atoms with Crippen LogP contribution in [0.5, 0.6) is 0 Å². The minimum absolute atomic E-state index is 0.568. The molecule has 55 heavy (non-hydrogen) atoms. The van der Waals surface area contributed by atoms with Gasteiger partial charge in [0.2, 0.25) is 5.71 Å². The molecule has 0 amide bonds. The van der Waals surface area contributed by atoms with Gasteiger partial charge in [0.1, 0.15) is 5.58 Å². The number of hydrogen-bond donors (Lipinski definition) is 0. The number of benzene rings is 8. The zero-order valence-electron chi connectivity index (χ0n) is 29.9. The summed E-state index contributed by atoms with van der Waals surface area (Å²) in [6, 6.07) is 72.4. The maximum Gasteiger partial charge on any atom is 0.231 e. The number of furan rings is 1. The molecule has 258 valence electrons. The minimum Gasteiger partial charge on any atom is -0.438 e. The van der Waals surface area contributed by atoms with Crippen molar-refractivity contribution in [3.05, 3.63) is 206 Å². The predicted molar refractivity (Wildman–Crippen MR) is 227 cm³/mol. The van der Waals surface area contributed by atoms with Crippen molar-refractivity contribution in [2.75, 3.05) is 0 Å². The second kappa shape index (κ2) is 13.9. The second-order valence-electron chi connectivity index (χ2n) is 13.8. The van der Waals surface area contributed by atoms with Crippen LogP contribution < -0.4 is 0 Å². The van der Waals surface area contributed by atoms with Gasteiger partial charge in [0.05, 0.1) is 11.1 Å². The van der Waals surface area contributed by atoms with Crippen LogP contribution in [0.1, 0.15) is 0 Å². The molecule has 0 saturated carbocycles. The summed E-state index contributed by atoms with van der Waals surface area (Å²) < 4.78 is 6.47. The maximum atomic E-state index is 6.47. The third-order valence-electron chi connectivity index (χ3n) is 10.3. The van der Waals surface area contributed by atoms with Crippen LogP contribution >= 0.6 is 0 Å². The molecule has 3 heteroatoms. The van der Waals surface area contributed by atoms with E-state index < -0.39 is 0 Å². The topological polar surface area (TPSA) is 38.9 Å². The fourth-order valence-corrected chi connectivity index (χ4v) is 7.52. The third kappa shape index (κ3) is 6.28. The Hall–Kier alpha value is -7.36. The Morgan fingerprint density at radius 2 is 0.691 bits per heavy atom. The van der Waals surface area contributed by atoms with Crippen LogP contribution in [0.3, 0.4) is 0 Å². The number of hydrogen-bond acceptors (Lipinski definition) is 3. The van der Waals surface area contributed by atoms with E-state index in [2.05, 4.69) is 182 Å². The summed E-state index contributed by atoms with van der Waals surface area (Å²) in [4.78, 5) is 10.5. The molecule has 0 aliphatic heterocycles. The molecule has 10 aromatic rings. The highest BCUT2D eigenvalue weighted by molar-refractivity contribution is 6.11. The first kappa shape index (κ1) is 32.3. The van der Waals surface area contributed by atoms with E-state index in [0.717, 1.165) is 72.1 Å². The molecule has 0 N–H and O–H groups in total. The number of nitrogens with zero attached hydrogens (tertiary/aromatic N) is 2. The van der Waals surface area contributed by atoms with Crippen LogP contribution in [0.25, 0.3) is 100 Å². The van der Waals surface area contributed by atoms with Crippen LogP contribution in [0.4, 0.5) is 0 Å². The summed E-state index contributed by atoms with van der Waals surface area (Å²) >= 11 is 0. The highest BCUT2D eigenvalue weighted by Gasteiger charge is 2.20. The van der Waals surface area contributed by atoms with Gasteiger partial charge in [-0.1, -0.05) is 170 Å². The molecule has 0 unspecified atom stereocenters. The highest BCUT2D eigenvalue weighted by atomic mass is 16.3. The third-order valence-corrected chi connectivity index (χ3v) is 10.3. The van der Waals surface area contributed by atoms with Gasteiger partial charge in [-0.2, -0.15) is 4.98 Å². The fraction of sp³-hybridized carbons (Fsp3) is 0. The summed E-state index contributed by atoms with van der Waals surface area (Å²) in [5, 5.41) is 1.90. The summed E-state index contributed by atoms with van der Waals surface area (Å²) in [6.45, 7) is 0. The molecule has 0 aliphatic carbocycles. The Morgan fingerprint density at radius 3 is 1.29 bits per heavy atom. The van der Waals surface area contributed by atoms with E-state index in [-0.39, 0.29) is 0 Å². The SMILES string of the molecule is c1ccc(-c2ccc(-c3cccc(-c4cccc(-c5nc(-c6cc(-c7ccccc7)cc(-c7ccccc7)c6)c6c(n5)oc5ccccc56)c4)c3)cc2)cc1. The van der Waals surface area contributed by atoms with E-state index in [9.17, 15) is 0 Å². The monoisotopic (exact) mass is 702 g/mol. The molecular formula is C52H34N2O. The van der Waals surface area contributed by atoms with E-state index >= 15 is 0 Å². The molecule has 0 spiro atoms. The van der Waals surface area contributed by atoms with Crippen molar-refractivity contribution in [1.29, 1.82) is 0 Å². The van der Waals surface area contributed by atoms with Gasteiger partial charge in [-0.15, -0.1) is 0 Å². The molecule has 0 atom stereocenters. The van der Waals surface area contributed by atoms with Crippen molar-refractivity contribution >= 4 is 22.1 Å². The maximum absolute atomic E-state index is 6.47. The molecule has 0 bridgehead atoms. The van der Waals surface area contributed by atoms with Crippen molar-refractivity contribution in [3.8, 4) is 78.3 Å². The summed E-state index contributed by atoms with van der Waals surface area (Å²) in [6.07, 6.45) is 0. The van der Waals surface area contributed by atoms with Gasteiger partial charge in [-0.05, 0) is 92.0 Å². The van der Waals surface area contributed by atoms with Gasteiger partial charge < -0.3 is 4.42 Å². The van der Waals surface area contributed by atoms with Crippen LogP contribution in [-0.2, 0) is 0 Å². The van der Waals surface area contributed by atoms with Crippen LogP contribution in [0.15, 0.2) is 211 Å². The summed E-state index contributed by atoms with van der Waals surface area (Å²) in [5.41, 5.74) is 15.6. The lowest BCUT2D eigenvalue weighted by atomic mass is 9.94. The molecule has 0 fully saturated rings. The standard InChI is InChI=1S/C52H34N2O/c1-4-14-35(15-5-1)38-26-28-39(29-27-38)40-20-12-21-41(30-40)42-22-13-23-43(31-42)51-53-50(49-47-24-10-11-25-48(47)55-52(49)54-51)46-33-44(36-16-6-2-7-17-36)32-45(34-46)37-18-8-3-9-19-37/h1-34H. The molecular weight excluding hydrogens is 669 g/mol. The van der Waals surface area contributed by atoms with Gasteiger partial charge in [-0.25, -0.2) is 4.98 Å². The van der Waals surface area contributed by atoms with Gasteiger partial charge in [0.15, 0.2) is 5.82 Å². The van der Waals surface area contributed by atoms with E-state index in [4.69, 9.17) is 14.4 Å². The molecule has 0 saturated heterocycles. The van der Waals surface area contributed by atoms with Gasteiger partial charge >= 0.3 is 0 Å². The van der Waals surface area contributed by atoms with Gasteiger partial charge in [0.25, 0.3) is 0 Å². The first-order chi connectivity index (χ1) is 27.2. The minimum atomic E-state index is 0.568. The molecule has 10 rings (SSSR count). The molecule has 3 nitrogen and oxygen atoms in total. The first-order valence-corrected chi connectivity index (χ1v) is 18.6. The smallest absolute Gasteiger partial charge is 0.231 e. The Morgan fingerprint density at radius 1 is 0.291 bits per heavy atom. The lowest BCUT2D eigenvalue weighted by Gasteiger charge is -2.13. The summed E-state index contributed by atoms with van der Waals surface area (Å²) in [7, 11) is 0. The van der Waals surface area contributed by atoms with Crippen LogP contribution in [-0.4, -0.2) is 9.97 Å². The zero-order valence-corrected chi connectivity index (χ0v) is 29.9. The van der Waals surface area contributed by atoms with E-state index in [1.54, 1.807) is 0 Å². The second-order valence-corrected chi connectivity index (χ2v) is 13.8. The van der Waals surface area contributed by atoms with E-state index in [1.165, 1.54) is 16.7 Å². The average molecular weight is 703 g/mol. The number of rotatable bonds is 7. The zero-order chi connectivity index (χ0) is 36.6. The summed E-state index contributed by atoms with van der Waals surface area (Å²) in [5.74, 6) is 0.613. The first-order valence-electron chi connectivity index (χ1n) is 18.6. The lowest BCUT2D eigenvalue weighted by molar-refractivity contribution is 0.653. The number of para-hydroxylation sites is 1. The van der Waals surface area contributed by atoms with E-state index in [1.807, 2.05) is 24.3 Å². The van der Waals surface area contributed by atoms with Gasteiger partial charge in [0, 0.05) is 16.5 Å². The number of fused-ring (bicyclic) bond motifs is 3. The molecule has 0 radical (unpaired) electrons. The van der Waals surface area contributed by atoms with Crippen molar-refractivity contribution in [2.45, 2.75) is 0 Å². The normalized spacial score (nSPS) is 11.3. The molecule has 8 aromatic carbocycles. The number of aromatic nitrogens is 2. The lowest BCUT2D eigenvalue weighted by Crippen LogP contribution is -1.95. The van der Waals surface area contributed by atoms with Crippen molar-refractivity contribution in [3.63, 3.8) is 0 Å². The highest BCUT2D eigenvalue weighted by Crippen LogP contribution is 2.40. The Bertz CT molecular complexity index is 2890. The molecule has 2 heterocycles. The predicted octanol–water partition coefficient (Wildman–Crippen LogP) is 14.0. The Kier molecular flexibility index (Phi) is 8.16. The molecule has 2 aromatic heterocycles. The van der Waals surface area contributed by atoms with Crippen molar-refractivity contribution < 1.29 is 4.42 Å².